The first-order valence-electron chi connectivity index (χ1n) is 8.90. The number of fused-ring (bicyclic) bond motifs is 1. The van der Waals surface area contributed by atoms with Gasteiger partial charge in [-0.25, -0.2) is 0 Å². The third kappa shape index (κ3) is 3.38. The highest BCUT2D eigenvalue weighted by Crippen LogP contribution is 2.27. The standard InChI is InChI=1S/C21H21N3O2/c1-24(14-19-22-23-20(26-19)16-8-3-2-4-9-16)21(25)18-12-11-15-7-5-6-10-17(15)13-18/h2-10,18H,11-14H2,1H3. The SMILES string of the molecule is CN(Cc1nnc(-c2ccccc2)o1)C(=O)C1CCc2ccccc2C1. The van der Waals surface area contributed by atoms with Crippen LogP contribution in [0.25, 0.3) is 11.5 Å². The summed E-state index contributed by atoms with van der Waals surface area (Å²) in [6, 6.07) is 18.0. The fourth-order valence-electron chi connectivity index (χ4n) is 3.52. The number of carbonyl (C=O) groups is 1. The molecule has 0 bridgehead atoms. The summed E-state index contributed by atoms with van der Waals surface area (Å²) >= 11 is 0. The molecule has 0 spiro atoms. The zero-order valence-corrected chi connectivity index (χ0v) is 14.8. The third-order valence-corrected chi connectivity index (χ3v) is 4.93. The maximum Gasteiger partial charge on any atom is 0.247 e. The van der Waals surface area contributed by atoms with E-state index in [1.165, 1.54) is 11.1 Å². The number of nitrogens with zero attached hydrogens (tertiary/aromatic N) is 3. The fourth-order valence-corrected chi connectivity index (χ4v) is 3.52. The lowest BCUT2D eigenvalue weighted by atomic mass is 9.83. The number of benzene rings is 2. The van der Waals surface area contributed by atoms with Crippen LogP contribution in [0, 0.1) is 5.92 Å². The van der Waals surface area contributed by atoms with Crippen molar-refractivity contribution in [3.63, 3.8) is 0 Å². The number of hydrogen-bond acceptors (Lipinski definition) is 4. The summed E-state index contributed by atoms with van der Waals surface area (Å²) in [6.45, 7) is 0.330. The van der Waals surface area contributed by atoms with Gasteiger partial charge >= 0.3 is 0 Å². The highest BCUT2D eigenvalue weighted by Gasteiger charge is 2.27. The largest absolute Gasteiger partial charge is 0.419 e. The minimum absolute atomic E-state index is 0.0198. The van der Waals surface area contributed by atoms with Gasteiger partial charge in [0.25, 0.3) is 0 Å². The van der Waals surface area contributed by atoms with E-state index in [1.807, 2.05) is 36.4 Å². The topological polar surface area (TPSA) is 59.2 Å². The van der Waals surface area contributed by atoms with Crippen molar-refractivity contribution in [2.75, 3.05) is 7.05 Å². The Morgan fingerprint density at radius 1 is 1.08 bits per heavy atom. The molecule has 1 aliphatic carbocycles. The van der Waals surface area contributed by atoms with Gasteiger partial charge in [-0.1, -0.05) is 42.5 Å². The minimum atomic E-state index is 0.0198. The average Bonchev–Trinajstić information content (AvgIpc) is 3.16. The van der Waals surface area contributed by atoms with Crippen LogP contribution < -0.4 is 0 Å². The summed E-state index contributed by atoms with van der Waals surface area (Å²) in [7, 11) is 1.80. The number of amides is 1. The average molecular weight is 347 g/mol. The molecule has 132 valence electrons. The zero-order chi connectivity index (χ0) is 17.9. The van der Waals surface area contributed by atoms with Crippen molar-refractivity contribution in [2.45, 2.75) is 25.8 Å². The van der Waals surface area contributed by atoms with Crippen LogP contribution in [0.15, 0.2) is 59.0 Å². The zero-order valence-electron chi connectivity index (χ0n) is 14.8. The van der Waals surface area contributed by atoms with Crippen LogP contribution >= 0.6 is 0 Å². The van der Waals surface area contributed by atoms with Crippen molar-refractivity contribution in [1.82, 2.24) is 15.1 Å². The quantitative estimate of drug-likeness (QED) is 0.725. The van der Waals surface area contributed by atoms with Crippen LogP contribution in [0.4, 0.5) is 0 Å². The maximum absolute atomic E-state index is 12.8. The van der Waals surface area contributed by atoms with E-state index in [1.54, 1.807) is 11.9 Å². The van der Waals surface area contributed by atoms with Gasteiger partial charge in [0.2, 0.25) is 17.7 Å². The predicted octanol–water partition coefficient (Wildman–Crippen LogP) is 3.50. The van der Waals surface area contributed by atoms with E-state index in [2.05, 4.69) is 28.4 Å². The molecule has 0 saturated heterocycles. The highest BCUT2D eigenvalue weighted by molar-refractivity contribution is 5.79. The molecular formula is C21H21N3O2. The molecule has 5 nitrogen and oxygen atoms in total. The molecular weight excluding hydrogens is 326 g/mol. The number of aryl methyl sites for hydroxylation is 1. The van der Waals surface area contributed by atoms with Gasteiger partial charge in [0.1, 0.15) is 0 Å². The molecule has 4 rings (SSSR count). The Balaban J connectivity index is 1.42. The van der Waals surface area contributed by atoms with Crippen LogP contribution in [0.3, 0.4) is 0 Å². The Morgan fingerprint density at radius 2 is 1.81 bits per heavy atom. The lowest BCUT2D eigenvalue weighted by Gasteiger charge is -2.27. The van der Waals surface area contributed by atoms with Gasteiger partial charge in [0, 0.05) is 18.5 Å². The van der Waals surface area contributed by atoms with Gasteiger partial charge in [-0.3, -0.25) is 4.79 Å². The summed E-state index contributed by atoms with van der Waals surface area (Å²) < 4.78 is 5.72. The number of hydrogen-bond donors (Lipinski definition) is 0. The molecule has 1 aliphatic rings. The van der Waals surface area contributed by atoms with Crippen molar-refractivity contribution >= 4 is 5.91 Å². The van der Waals surface area contributed by atoms with Crippen LogP contribution in [-0.4, -0.2) is 28.1 Å². The number of carbonyl (C=O) groups excluding carboxylic acids is 1. The first-order chi connectivity index (χ1) is 12.7. The molecule has 0 radical (unpaired) electrons. The van der Waals surface area contributed by atoms with Gasteiger partial charge in [0.05, 0.1) is 6.54 Å². The predicted molar refractivity (Wildman–Crippen MR) is 98.2 cm³/mol. The molecule has 1 aromatic heterocycles. The molecule has 0 saturated carbocycles. The Kier molecular flexibility index (Phi) is 4.52. The molecule has 1 amide bonds. The fraction of sp³-hybridized carbons (Fsp3) is 0.286. The van der Waals surface area contributed by atoms with E-state index in [0.717, 1.165) is 24.8 Å². The van der Waals surface area contributed by atoms with E-state index in [0.29, 0.717) is 18.3 Å². The van der Waals surface area contributed by atoms with E-state index in [9.17, 15) is 4.79 Å². The summed E-state index contributed by atoms with van der Waals surface area (Å²) in [5.41, 5.74) is 3.53. The van der Waals surface area contributed by atoms with Crippen molar-refractivity contribution < 1.29 is 9.21 Å². The Morgan fingerprint density at radius 3 is 2.62 bits per heavy atom. The molecule has 1 unspecified atom stereocenters. The Bertz CT molecular complexity index is 904. The van der Waals surface area contributed by atoms with E-state index < -0.39 is 0 Å². The second-order valence-corrected chi connectivity index (χ2v) is 6.77. The van der Waals surface area contributed by atoms with Crippen molar-refractivity contribution in [2.24, 2.45) is 5.92 Å². The molecule has 0 aliphatic heterocycles. The summed E-state index contributed by atoms with van der Waals surface area (Å²) in [4.78, 5) is 14.5. The highest BCUT2D eigenvalue weighted by atomic mass is 16.4. The molecule has 2 aromatic carbocycles. The second kappa shape index (κ2) is 7.12. The first-order valence-corrected chi connectivity index (χ1v) is 8.90. The monoisotopic (exact) mass is 347 g/mol. The third-order valence-electron chi connectivity index (χ3n) is 4.93. The van der Waals surface area contributed by atoms with E-state index in [-0.39, 0.29) is 11.8 Å². The molecule has 0 fully saturated rings. The number of aromatic nitrogens is 2. The van der Waals surface area contributed by atoms with Crippen molar-refractivity contribution in [3.8, 4) is 11.5 Å². The van der Waals surface area contributed by atoms with Gasteiger partial charge in [0.15, 0.2) is 0 Å². The normalized spacial score (nSPS) is 16.1. The minimum Gasteiger partial charge on any atom is -0.419 e. The summed E-state index contributed by atoms with van der Waals surface area (Å²) in [5.74, 6) is 1.09. The van der Waals surface area contributed by atoms with Crippen molar-refractivity contribution in [3.05, 3.63) is 71.6 Å². The Labute approximate surface area is 152 Å². The molecule has 1 atom stereocenters. The molecule has 26 heavy (non-hydrogen) atoms. The van der Waals surface area contributed by atoms with Crippen molar-refractivity contribution in [1.29, 1.82) is 0 Å². The van der Waals surface area contributed by atoms with E-state index >= 15 is 0 Å². The molecule has 0 N–H and O–H groups in total. The lowest BCUT2D eigenvalue weighted by Crippen LogP contribution is -2.35. The van der Waals surface area contributed by atoms with Crippen LogP contribution in [0.2, 0.25) is 0 Å². The first kappa shape index (κ1) is 16.5. The Hall–Kier alpha value is -2.95. The van der Waals surface area contributed by atoms with Gasteiger partial charge in [-0.15, -0.1) is 10.2 Å². The number of rotatable bonds is 4. The second-order valence-electron chi connectivity index (χ2n) is 6.77. The molecule has 1 heterocycles. The van der Waals surface area contributed by atoms with Gasteiger partial charge in [-0.05, 0) is 42.5 Å². The molecule has 5 heteroatoms. The van der Waals surface area contributed by atoms with Crippen LogP contribution in [0.1, 0.15) is 23.4 Å². The van der Waals surface area contributed by atoms with Crippen LogP contribution in [-0.2, 0) is 24.2 Å². The molecule has 3 aromatic rings. The van der Waals surface area contributed by atoms with Gasteiger partial charge in [-0.2, -0.15) is 0 Å². The summed E-state index contributed by atoms with van der Waals surface area (Å²) in [5, 5.41) is 8.17. The lowest BCUT2D eigenvalue weighted by molar-refractivity contribution is -0.135. The summed E-state index contributed by atoms with van der Waals surface area (Å²) in [6.07, 6.45) is 2.65. The van der Waals surface area contributed by atoms with E-state index in [4.69, 9.17) is 4.42 Å². The maximum atomic E-state index is 12.8. The van der Waals surface area contributed by atoms with Gasteiger partial charge < -0.3 is 9.32 Å². The smallest absolute Gasteiger partial charge is 0.247 e. The van der Waals surface area contributed by atoms with Crippen LogP contribution in [0.5, 0.6) is 0 Å².